The first-order valence-electron chi connectivity index (χ1n) is 8.28. The zero-order valence-electron chi connectivity index (χ0n) is 13.0. The van der Waals surface area contributed by atoms with Crippen LogP contribution in [0.4, 0.5) is 0 Å². The molecule has 1 saturated heterocycles. The highest BCUT2D eigenvalue weighted by atomic mass is 32.1. The van der Waals surface area contributed by atoms with Crippen molar-refractivity contribution >= 4 is 22.7 Å². The lowest BCUT2D eigenvalue weighted by molar-refractivity contribution is 0.199. The van der Waals surface area contributed by atoms with Gasteiger partial charge in [-0.1, -0.05) is 0 Å². The smallest absolute Gasteiger partial charge is 0.131 e. The Balaban J connectivity index is 1.45. The van der Waals surface area contributed by atoms with Crippen LogP contribution in [0, 0.1) is 6.92 Å². The molecule has 4 rings (SSSR count). The minimum Gasteiger partial charge on any atom is -0.296 e. The average molecular weight is 335 g/mol. The van der Waals surface area contributed by atoms with Crippen molar-refractivity contribution in [1.29, 1.82) is 0 Å². The van der Waals surface area contributed by atoms with Crippen molar-refractivity contribution in [2.24, 2.45) is 0 Å². The van der Waals surface area contributed by atoms with E-state index in [9.17, 15) is 0 Å². The van der Waals surface area contributed by atoms with Gasteiger partial charge in [-0.15, -0.1) is 32.9 Å². The fourth-order valence-corrected chi connectivity index (χ4v) is 5.57. The predicted molar refractivity (Wildman–Crippen MR) is 90.7 cm³/mol. The van der Waals surface area contributed by atoms with E-state index in [4.69, 9.17) is 4.98 Å². The Labute approximate surface area is 139 Å². The number of nitrogens with zero attached hydrogens (tertiary/aromatic N) is 4. The fraction of sp³-hybridized carbons (Fsp3) is 0.688. The van der Waals surface area contributed by atoms with E-state index in [1.165, 1.54) is 55.8 Å². The van der Waals surface area contributed by atoms with E-state index < -0.39 is 0 Å². The van der Waals surface area contributed by atoms with Crippen molar-refractivity contribution in [3.63, 3.8) is 0 Å². The van der Waals surface area contributed by atoms with E-state index in [1.54, 1.807) is 16.2 Å². The van der Waals surface area contributed by atoms with Crippen LogP contribution < -0.4 is 0 Å². The molecule has 2 aromatic heterocycles. The highest BCUT2D eigenvalue weighted by molar-refractivity contribution is 7.12. The van der Waals surface area contributed by atoms with Crippen LogP contribution in [0.15, 0.2) is 0 Å². The molecule has 4 nitrogen and oxygen atoms in total. The number of piperidine rings is 1. The second-order valence-electron chi connectivity index (χ2n) is 6.42. The van der Waals surface area contributed by atoms with Gasteiger partial charge in [-0.2, -0.15) is 0 Å². The molecule has 22 heavy (non-hydrogen) atoms. The highest BCUT2D eigenvalue weighted by Gasteiger charge is 2.26. The molecular formula is C16H22N4S2. The summed E-state index contributed by atoms with van der Waals surface area (Å²) in [6.07, 6.45) is 7.69. The molecule has 2 aromatic rings. The number of aryl methyl sites for hydroxylation is 3. The molecule has 0 bridgehead atoms. The van der Waals surface area contributed by atoms with Crippen LogP contribution in [0.25, 0.3) is 0 Å². The molecule has 3 heterocycles. The average Bonchev–Trinajstić information content (AvgIpc) is 3.13. The summed E-state index contributed by atoms with van der Waals surface area (Å²) in [5.74, 6) is 0.623. The Morgan fingerprint density at radius 3 is 2.86 bits per heavy atom. The van der Waals surface area contributed by atoms with Crippen molar-refractivity contribution in [2.45, 2.75) is 57.9 Å². The maximum absolute atomic E-state index is 4.99. The van der Waals surface area contributed by atoms with Crippen LogP contribution in [0.5, 0.6) is 0 Å². The topological polar surface area (TPSA) is 41.9 Å². The fourth-order valence-electron chi connectivity index (χ4n) is 3.54. The van der Waals surface area contributed by atoms with E-state index in [2.05, 4.69) is 15.1 Å². The minimum atomic E-state index is 0.623. The number of likely N-dealkylation sites (tertiary alicyclic amines) is 1. The molecule has 1 atom stereocenters. The van der Waals surface area contributed by atoms with E-state index >= 15 is 0 Å². The van der Waals surface area contributed by atoms with Crippen LogP contribution >= 0.6 is 22.7 Å². The second kappa shape index (κ2) is 6.34. The summed E-state index contributed by atoms with van der Waals surface area (Å²) < 4.78 is 0. The summed E-state index contributed by atoms with van der Waals surface area (Å²) in [6, 6.07) is 0. The van der Waals surface area contributed by atoms with E-state index in [1.807, 2.05) is 18.3 Å². The van der Waals surface area contributed by atoms with E-state index in [-0.39, 0.29) is 0 Å². The summed E-state index contributed by atoms with van der Waals surface area (Å²) in [7, 11) is 0. The molecule has 1 fully saturated rings. The SMILES string of the molecule is Cc1nnc(CN2CCC[C@H](c3nc4c(s3)CCCC4)C2)s1. The molecule has 0 spiro atoms. The third-order valence-electron chi connectivity index (χ3n) is 4.64. The van der Waals surface area contributed by atoms with Gasteiger partial charge in [0.25, 0.3) is 0 Å². The van der Waals surface area contributed by atoms with Gasteiger partial charge in [0.1, 0.15) is 10.0 Å². The first-order chi connectivity index (χ1) is 10.8. The molecule has 0 N–H and O–H groups in total. The maximum atomic E-state index is 4.99. The highest BCUT2D eigenvalue weighted by Crippen LogP contribution is 2.35. The first-order valence-corrected chi connectivity index (χ1v) is 9.91. The summed E-state index contributed by atoms with van der Waals surface area (Å²) in [4.78, 5) is 9.09. The van der Waals surface area contributed by atoms with Gasteiger partial charge in [0.2, 0.25) is 0 Å². The molecule has 0 radical (unpaired) electrons. The third-order valence-corrected chi connectivity index (χ3v) is 6.79. The molecule has 0 amide bonds. The molecule has 2 aliphatic rings. The van der Waals surface area contributed by atoms with Crippen LogP contribution in [-0.4, -0.2) is 33.2 Å². The molecule has 118 valence electrons. The monoisotopic (exact) mass is 334 g/mol. The Hall–Kier alpha value is -0.850. The summed E-state index contributed by atoms with van der Waals surface area (Å²) in [5, 5.41) is 12.0. The zero-order chi connectivity index (χ0) is 14.9. The van der Waals surface area contributed by atoms with Crippen molar-refractivity contribution in [2.75, 3.05) is 13.1 Å². The normalized spacial score (nSPS) is 22.7. The lowest BCUT2D eigenvalue weighted by atomic mass is 9.98. The van der Waals surface area contributed by atoms with Crippen LogP contribution in [0.3, 0.4) is 0 Å². The van der Waals surface area contributed by atoms with Crippen molar-refractivity contribution < 1.29 is 0 Å². The van der Waals surface area contributed by atoms with Crippen molar-refractivity contribution in [3.8, 4) is 0 Å². The third kappa shape index (κ3) is 3.09. The van der Waals surface area contributed by atoms with Gasteiger partial charge in [-0.05, 0) is 52.0 Å². The number of aromatic nitrogens is 3. The number of rotatable bonds is 3. The molecule has 0 unspecified atom stereocenters. The van der Waals surface area contributed by atoms with Gasteiger partial charge < -0.3 is 0 Å². The van der Waals surface area contributed by atoms with E-state index in [0.717, 1.165) is 23.1 Å². The Morgan fingerprint density at radius 2 is 2.05 bits per heavy atom. The van der Waals surface area contributed by atoms with Gasteiger partial charge in [-0.3, -0.25) is 4.90 Å². The van der Waals surface area contributed by atoms with Gasteiger partial charge in [0, 0.05) is 17.3 Å². The van der Waals surface area contributed by atoms with Crippen molar-refractivity contribution in [1.82, 2.24) is 20.1 Å². The molecule has 0 saturated carbocycles. The Bertz CT molecular complexity index is 625. The summed E-state index contributed by atoms with van der Waals surface area (Å²) in [6.45, 7) is 5.29. The van der Waals surface area contributed by atoms with Crippen LogP contribution in [-0.2, 0) is 19.4 Å². The summed E-state index contributed by atoms with van der Waals surface area (Å²) in [5.41, 5.74) is 1.41. The van der Waals surface area contributed by atoms with Gasteiger partial charge in [0.15, 0.2) is 0 Å². The molecular weight excluding hydrogens is 312 g/mol. The van der Waals surface area contributed by atoms with Crippen molar-refractivity contribution in [3.05, 3.63) is 25.6 Å². The Morgan fingerprint density at radius 1 is 1.14 bits per heavy atom. The number of fused-ring (bicyclic) bond motifs is 1. The number of hydrogen-bond donors (Lipinski definition) is 0. The predicted octanol–water partition coefficient (Wildman–Crippen LogP) is 3.56. The summed E-state index contributed by atoms with van der Waals surface area (Å²) >= 11 is 3.71. The van der Waals surface area contributed by atoms with E-state index in [0.29, 0.717) is 5.92 Å². The largest absolute Gasteiger partial charge is 0.296 e. The minimum absolute atomic E-state index is 0.623. The van der Waals surface area contributed by atoms with Crippen LogP contribution in [0.1, 0.15) is 57.2 Å². The zero-order valence-corrected chi connectivity index (χ0v) is 14.7. The lowest BCUT2D eigenvalue weighted by Gasteiger charge is -2.30. The standard InChI is InChI=1S/C16H22N4S2/c1-11-18-19-15(21-11)10-20-8-4-5-12(9-20)16-17-13-6-2-3-7-14(13)22-16/h12H,2-10H2,1H3/t12-/m0/s1. The molecule has 1 aliphatic carbocycles. The maximum Gasteiger partial charge on any atom is 0.131 e. The molecule has 1 aliphatic heterocycles. The lowest BCUT2D eigenvalue weighted by Crippen LogP contribution is -2.33. The molecule has 6 heteroatoms. The van der Waals surface area contributed by atoms with Gasteiger partial charge in [-0.25, -0.2) is 4.98 Å². The van der Waals surface area contributed by atoms with Gasteiger partial charge in [0.05, 0.1) is 17.2 Å². The number of thiazole rings is 1. The molecule has 0 aromatic carbocycles. The second-order valence-corrected chi connectivity index (χ2v) is 8.80. The van der Waals surface area contributed by atoms with Gasteiger partial charge >= 0.3 is 0 Å². The Kier molecular flexibility index (Phi) is 4.24. The van der Waals surface area contributed by atoms with Crippen LogP contribution in [0.2, 0.25) is 0 Å². The number of hydrogen-bond acceptors (Lipinski definition) is 6. The quantitative estimate of drug-likeness (QED) is 0.861. The first kappa shape index (κ1) is 14.7.